The molecule has 0 aliphatic carbocycles. The van der Waals surface area contributed by atoms with E-state index in [1.54, 1.807) is 24.3 Å². The Hall–Kier alpha value is -4.90. The third-order valence-corrected chi connectivity index (χ3v) is 7.30. The molecule has 0 aliphatic rings. The maximum Gasteiger partial charge on any atom is 0.264 e. The van der Waals surface area contributed by atoms with E-state index in [1.165, 1.54) is 44.3 Å². The fraction of sp³-hybridized carbons (Fsp3) is 0.200. The lowest BCUT2D eigenvalue weighted by Gasteiger charge is -2.13. The molecule has 1 N–H and O–H groups in total. The summed E-state index contributed by atoms with van der Waals surface area (Å²) in [7, 11) is 4.60. The van der Waals surface area contributed by atoms with Gasteiger partial charge in [0.2, 0.25) is 11.7 Å². The summed E-state index contributed by atoms with van der Waals surface area (Å²) in [5.74, 6) is 1.31. The Bertz CT molecular complexity index is 1700. The first-order valence-corrected chi connectivity index (χ1v) is 13.4. The predicted octanol–water partition coefficient (Wildman–Crippen LogP) is 5.84. The summed E-state index contributed by atoms with van der Waals surface area (Å²) >= 11 is 1.40. The molecule has 3 aromatic carbocycles. The lowest BCUT2D eigenvalue weighted by molar-refractivity contribution is -0.118. The second-order valence-electron chi connectivity index (χ2n) is 9.06. The number of benzene rings is 3. The molecule has 1 amide bonds. The summed E-state index contributed by atoms with van der Waals surface area (Å²) in [5.41, 5.74) is 4.12. The minimum Gasteiger partial charge on any atom is -0.493 e. The summed E-state index contributed by atoms with van der Waals surface area (Å²) in [6, 6.07) is 18.5. The van der Waals surface area contributed by atoms with Crippen LogP contribution < -0.4 is 24.3 Å². The van der Waals surface area contributed by atoms with Crippen LogP contribution in [-0.4, -0.2) is 54.5 Å². The van der Waals surface area contributed by atoms with Crippen molar-refractivity contribution in [1.29, 1.82) is 0 Å². The van der Waals surface area contributed by atoms with Gasteiger partial charge < -0.3 is 18.9 Å². The highest BCUT2D eigenvalue weighted by Crippen LogP contribution is 2.41. The predicted molar refractivity (Wildman–Crippen MR) is 158 cm³/mol. The summed E-state index contributed by atoms with van der Waals surface area (Å²) in [5, 5.41) is 7.86. The molecular weight excluding hydrogens is 544 g/mol. The first kappa shape index (κ1) is 27.7. The Balaban J connectivity index is 1.40. The normalized spacial score (nSPS) is 10.9. The van der Waals surface area contributed by atoms with Crippen LogP contribution in [-0.2, 0) is 4.79 Å². The van der Waals surface area contributed by atoms with Gasteiger partial charge in [0.25, 0.3) is 5.91 Å². The zero-order valence-corrected chi connectivity index (χ0v) is 24.0. The van der Waals surface area contributed by atoms with E-state index in [0.717, 1.165) is 15.8 Å². The number of amides is 1. The van der Waals surface area contributed by atoms with Crippen LogP contribution in [0.2, 0.25) is 0 Å². The molecule has 0 unspecified atom stereocenters. The monoisotopic (exact) mass is 572 g/mol. The number of fused-ring (bicyclic) bond motifs is 1. The number of methoxy groups -OCH3 is 3. The van der Waals surface area contributed by atoms with Crippen LogP contribution in [0.5, 0.6) is 23.0 Å². The molecule has 0 bridgehead atoms. The molecule has 210 valence electrons. The largest absolute Gasteiger partial charge is 0.493 e. The molecule has 0 fully saturated rings. The van der Waals surface area contributed by atoms with Gasteiger partial charge in [-0.25, -0.2) is 4.98 Å². The van der Waals surface area contributed by atoms with Crippen LogP contribution >= 0.6 is 11.3 Å². The highest BCUT2D eigenvalue weighted by molar-refractivity contribution is 7.22. The zero-order valence-electron chi connectivity index (χ0n) is 23.2. The number of hydrogen-bond donors (Lipinski definition) is 1. The van der Waals surface area contributed by atoms with Crippen molar-refractivity contribution in [2.45, 2.75) is 13.8 Å². The molecule has 5 rings (SSSR count). The van der Waals surface area contributed by atoms with E-state index < -0.39 is 0 Å². The first-order chi connectivity index (χ1) is 19.8. The number of rotatable bonds is 9. The van der Waals surface area contributed by atoms with Gasteiger partial charge in [-0.15, -0.1) is 0 Å². The van der Waals surface area contributed by atoms with Gasteiger partial charge in [0, 0.05) is 18.1 Å². The smallest absolute Gasteiger partial charge is 0.264 e. The summed E-state index contributed by atoms with van der Waals surface area (Å²) < 4.78 is 24.6. The SMILES string of the molecule is COc1cc(-c2cc(-c3ccc(C)c(OCC(=O)Nc4nc5ccccc5s4)c3)n(C(C)=O)n2)cc(OC)c1OC. The Labute approximate surface area is 240 Å². The molecule has 0 aliphatic heterocycles. The van der Waals surface area contributed by atoms with Crippen LogP contribution in [0.3, 0.4) is 0 Å². The topological polar surface area (TPSA) is 114 Å². The number of hydrogen-bond acceptors (Lipinski definition) is 9. The van der Waals surface area contributed by atoms with E-state index in [-0.39, 0.29) is 18.4 Å². The van der Waals surface area contributed by atoms with Crippen molar-refractivity contribution in [1.82, 2.24) is 14.8 Å². The quantitative estimate of drug-likeness (QED) is 0.234. The maximum atomic E-state index is 12.6. The van der Waals surface area contributed by atoms with E-state index >= 15 is 0 Å². The number of aromatic nitrogens is 3. The fourth-order valence-corrected chi connectivity index (χ4v) is 5.22. The Kier molecular flexibility index (Phi) is 7.88. The standard InChI is InChI=1S/C30H28N4O6S/c1-17-10-11-19(12-24(17)40-16-28(36)32-30-31-21-8-6-7-9-27(21)41-30)23-15-22(33-34(23)18(2)35)20-13-25(37-3)29(39-5)26(14-20)38-4/h6-15H,16H2,1-5H3,(H,31,32,36). The highest BCUT2D eigenvalue weighted by atomic mass is 32.1. The number of aryl methyl sites for hydroxylation is 1. The van der Waals surface area contributed by atoms with Gasteiger partial charge in [0.15, 0.2) is 23.2 Å². The molecule has 11 heteroatoms. The molecule has 2 aromatic heterocycles. The van der Waals surface area contributed by atoms with Crippen LogP contribution in [0.1, 0.15) is 17.3 Å². The Morgan fingerprint density at radius 1 is 0.902 bits per heavy atom. The molecule has 0 saturated heterocycles. The molecule has 0 spiro atoms. The van der Waals surface area contributed by atoms with Crippen molar-refractivity contribution in [3.05, 3.63) is 66.2 Å². The number of thiazole rings is 1. The van der Waals surface area contributed by atoms with Crippen molar-refractivity contribution in [2.24, 2.45) is 0 Å². The maximum absolute atomic E-state index is 12.6. The van der Waals surface area contributed by atoms with Gasteiger partial charge in [-0.05, 0) is 48.9 Å². The third-order valence-electron chi connectivity index (χ3n) is 6.35. The molecule has 0 atom stereocenters. The van der Waals surface area contributed by atoms with Crippen LogP contribution in [0.15, 0.2) is 60.7 Å². The number of ether oxygens (including phenoxy) is 4. The van der Waals surface area contributed by atoms with Crippen molar-refractivity contribution in [3.63, 3.8) is 0 Å². The Morgan fingerprint density at radius 3 is 2.27 bits per heavy atom. The average Bonchev–Trinajstić information content (AvgIpc) is 3.60. The lowest BCUT2D eigenvalue weighted by Crippen LogP contribution is -2.20. The van der Waals surface area contributed by atoms with E-state index in [1.807, 2.05) is 43.3 Å². The second-order valence-corrected chi connectivity index (χ2v) is 10.1. The summed E-state index contributed by atoms with van der Waals surface area (Å²) in [6.45, 7) is 3.12. The number of nitrogens with one attached hydrogen (secondary N) is 1. The lowest BCUT2D eigenvalue weighted by atomic mass is 10.1. The molecule has 41 heavy (non-hydrogen) atoms. The van der Waals surface area contributed by atoms with E-state index in [9.17, 15) is 9.59 Å². The number of carbonyl (C=O) groups is 2. The number of anilines is 1. The number of nitrogens with zero attached hydrogens (tertiary/aromatic N) is 3. The van der Waals surface area contributed by atoms with Gasteiger partial charge in [-0.2, -0.15) is 9.78 Å². The minimum atomic E-state index is -0.327. The first-order valence-electron chi connectivity index (χ1n) is 12.6. The number of carbonyl (C=O) groups excluding carboxylic acids is 2. The zero-order chi connectivity index (χ0) is 29.1. The fourth-order valence-electron chi connectivity index (χ4n) is 4.34. The molecular formula is C30H28N4O6S. The molecule has 10 nitrogen and oxygen atoms in total. The van der Waals surface area contributed by atoms with Crippen molar-refractivity contribution < 1.29 is 28.5 Å². The van der Waals surface area contributed by atoms with E-state index in [2.05, 4.69) is 15.4 Å². The molecule has 5 aromatic rings. The second kappa shape index (κ2) is 11.7. The van der Waals surface area contributed by atoms with Gasteiger partial charge in [0.1, 0.15) is 5.75 Å². The van der Waals surface area contributed by atoms with Crippen molar-refractivity contribution >= 4 is 38.5 Å². The molecule has 0 saturated carbocycles. The van der Waals surface area contributed by atoms with Crippen LogP contribution in [0.25, 0.3) is 32.7 Å². The molecule has 0 radical (unpaired) electrons. The van der Waals surface area contributed by atoms with E-state index in [4.69, 9.17) is 18.9 Å². The Morgan fingerprint density at radius 2 is 1.61 bits per heavy atom. The van der Waals surface area contributed by atoms with Gasteiger partial charge in [0.05, 0.1) is 42.9 Å². The van der Waals surface area contributed by atoms with Crippen LogP contribution in [0, 0.1) is 6.92 Å². The average molecular weight is 573 g/mol. The third kappa shape index (κ3) is 5.71. The summed E-state index contributed by atoms with van der Waals surface area (Å²) in [4.78, 5) is 29.6. The van der Waals surface area contributed by atoms with Crippen LogP contribution in [0.4, 0.5) is 5.13 Å². The van der Waals surface area contributed by atoms with Crippen molar-refractivity contribution in [3.8, 4) is 45.5 Å². The number of para-hydroxylation sites is 1. The van der Waals surface area contributed by atoms with E-state index in [0.29, 0.717) is 50.6 Å². The minimum absolute atomic E-state index is 0.205. The van der Waals surface area contributed by atoms with Gasteiger partial charge in [-0.3, -0.25) is 14.9 Å². The van der Waals surface area contributed by atoms with Gasteiger partial charge in [-0.1, -0.05) is 35.6 Å². The van der Waals surface area contributed by atoms with Gasteiger partial charge >= 0.3 is 0 Å². The molecule has 2 heterocycles. The highest BCUT2D eigenvalue weighted by Gasteiger charge is 2.20. The van der Waals surface area contributed by atoms with Crippen molar-refractivity contribution in [2.75, 3.05) is 33.3 Å². The summed E-state index contributed by atoms with van der Waals surface area (Å²) in [6.07, 6.45) is 0.